The fourth-order valence-corrected chi connectivity index (χ4v) is 1.91. The Bertz CT molecular complexity index is 645. The topological polar surface area (TPSA) is 46.5 Å². The Morgan fingerprint density at radius 3 is 2.50 bits per heavy atom. The van der Waals surface area contributed by atoms with Gasteiger partial charge in [-0.05, 0) is 29.3 Å². The zero-order valence-corrected chi connectivity index (χ0v) is 11.6. The van der Waals surface area contributed by atoms with Crippen LogP contribution >= 0.6 is 11.6 Å². The van der Waals surface area contributed by atoms with Crippen LogP contribution in [0.1, 0.15) is 21.5 Å². The van der Waals surface area contributed by atoms with Gasteiger partial charge in [-0.15, -0.1) is 0 Å². The average Bonchev–Trinajstić information content (AvgIpc) is 2.46. The van der Waals surface area contributed by atoms with E-state index in [0.717, 1.165) is 5.56 Å². The molecule has 0 spiro atoms. The van der Waals surface area contributed by atoms with Crippen LogP contribution in [0.4, 0.5) is 0 Å². The SMILES string of the molecule is COC(=O)c1c(O)cccc1/C=C/c1ccc(Cl)cc1. The van der Waals surface area contributed by atoms with Crippen LogP contribution in [-0.4, -0.2) is 18.2 Å². The molecule has 0 aliphatic rings. The molecule has 0 bridgehead atoms. The highest BCUT2D eigenvalue weighted by atomic mass is 35.5. The maximum Gasteiger partial charge on any atom is 0.342 e. The van der Waals surface area contributed by atoms with Crippen LogP contribution in [0.3, 0.4) is 0 Å². The molecule has 20 heavy (non-hydrogen) atoms. The fraction of sp³-hybridized carbons (Fsp3) is 0.0625. The van der Waals surface area contributed by atoms with Gasteiger partial charge in [-0.2, -0.15) is 0 Å². The van der Waals surface area contributed by atoms with Gasteiger partial charge in [0.15, 0.2) is 0 Å². The Labute approximate surface area is 122 Å². The second-order valence-electron chi connectivity index (χ2n) is 4.12. The third-order valence-corrected chi connectivity index (χ3v) is 3.04. The number of phenolic OH excluding ortho intramolecular Hbond substituents is 1. The molecular formula is C16H13ClO3. The van der Waals surface area contributed by atoms with Gasteiger partial charge in [0.2, 0.25) is 0 Å². The lowest BCUT2D eigenvalue weighted by atomic mass is 10.0. The number of hydrogen-bond acceptors (Lipinski definition) is 3. The summed E-state index contributed by atoms with van der Waals surface area (Å²) >= 11 is 5.82. The van der Waals surface area contributed by atoms with E-state index in [0.29, 0.717) is 10.6 Å². The Morgan fingerprint density at radius 2 is 1.85 bits per heavy atom. The molecule has 0 heterocycles. The predicted octanol–water partition coefficient (Wildman–Crippen LogP) is 4.00. The molecule has 0 aromatic heterocycles. The van der Waals surface area contributed by atoms with Gasteiger partial charge in [-0.1, -0.05) is 48.0 Å². The Kier molecular flexibility index (Phi) is 4.43. The van der Waals surface area contributed by atoms with Crippen LogP contribution in [-0.2, 0) is 4.74 Å². The quantitative estimate of drug-likeness (QED) is 0.686. The Hall–Kier alpha value is -2.26. The van der Waals surface area contributed by atoms with Gasteiger partial charge < -0.3 is 9.84 Å². The van der Waals surface area contributed by atoms with Crippen molar-refractivity contribution in [2.45, 2.75) is 0 Å². The number of halogens is 1. The molecule has 1 N–H and O–H groups in total. The number of rotatable bonds is 3. The summed E-state index contributed by atoms with van der Waals surface area (Å²) in [6.45, 7) is 0. The van der Waals surface area contributed by atoms with Gasteiger partial charge in [0.1, 0.15) is 11.3 Å². The van der Waals surface area contributed by atoms with Gasteiger partial charge in [0.05, 0.1) is 7.11 Å². The van der Waals surface area contributed by atoms with Gasteiger partial charge in [-0.3, -0.25) is 0 Å². The van der Waals surface area contributed by atoms with Crippen molar-refractivity contribution in [3.05, 3.63) is 64.2 Å². The van der Waals surface area contributed by atoms with Crippen LogP contribution in [0.2, 0.25) is 5.02 Å². The lowest BCUT2D eigenvalue weighted by Crippen LogP contribution is -2.03. The molecule has 2 aromatic rings. The first-order chi connectivity index (χ1) is 9.61. The minimum Gasteiger partial charge on any atom is -0.507 e. The number of carbonyl (C=O) groups is 1. The molecule has 0 unspecified atom stereocenters. The molecule has 4 heteroatoms. The van der Waals surface area contributed by atoms with Gasteiger partial charge in [-0.25, -0.2) is 4.79 Å². The normalized spacial score (nSPS) is 10.7. The minimum atomic E-state index is -0.571. The summed E-state index contributed by atoms with van der Waals surface area (Å²) in [6, 6.07) is 12.1. The first kappa shape index (κ1) is 14.2. The molecule has 3 nitrogen and oxygen atoms in total. The van der Waals surface area contributed by atoms with E-state index in [1.54, 1.807) is 30.3 Å². The van der Waals surface area contributed by atoms with Crippen molar-refractivity contribution in [3.8, 4) is 5.75 Å². The summed E-state index contributed by atoms with van der Waals surface area (Å²) in [5.74, 6) is -0.672. The van der Waals surface area contributed by atoms with E-state index in [9.17, 15) is 9.90 Å². The third-order valence-electron chi connectivity index (χ3n) is 2.79. The minimum absolute atomic E-state index is 0.102. The summed E-state index contributed by atoms with van der Waals surface area (Å²) in [7, 11) is 1.28. The second kappa shape index (κ2) is 6.26. The predicted molar refractivity (Wildman–Crippen MR) is 79.8 cm³/mol. The number of phenols is 1. The summed E-state index contributed by atoms with van der Waals surface area (Å²) in [6.07, 6.45) is 3.58. The van der Waals surface area contributed by atoms with Gasteiger partial charge in [0.25, 0.3) is 0 Å². The van der Waals surface area contributed by atoms with E-state index >= 15 is 0 Å². The number of hydrogen-bond donors (Lipinski definition) is 1. The summed E-state index contributed by atoms with van der Waals surface area (Å²) in [4.78, 5) is 11.7. The van der Waals surface area contributed by atoms with Crippen molar-refractivity contribution < 1.29 is 14.6 Å². The zero-order valence-electron chi connectivity index (χ0n) is 10.8. The van der Waals surface area contributed by atoms with Crippen LogP contribution in [0.25, 0.3) is 12.2 Å². The van der Waals surface area contributed by atoms with E-state index in [2.05, 4.69) is 4.74 Å². The van der Waals surface area contributed by atoms with Crippen molar-refractivity contribution in [2.24, 2.45) is 0 Å². The molecule has 102 valence electrons. The fourth-order valence-electron chi connectivity index (χ4n) is 1.78. The van der Waals surface area contributed by atoms with E-state index < -0.39 is 5.97 Å². The summed E-state index contributed by atoms with van der Waals surface area (Å²) in [5, 5.41) is 10.4. The highest BCUT2D eigenvalue weighted by Crippen LogP contribution is 2.24. The average molecular weight is 289 g/mol. The highest BCUT2D eigenvalue weighted by Gasteiger charge is 2.14. The molecule has 0 fully saturated rings. The number of carbonyl (C=O) groups excluding carboxylic acids is 1. The zero-order chi connectivity index (χ0) is 14.5. The first-order valence-electron chi connectivity index (χ1n) is 5.96. The van der Waals surface area contributed by atoms with Gasteiger partial charge >= 0.3 is 5.97 Å². The smallest absolute Gasteiger partial charge is 0.342 e. The molecule has 0 saturated heterocycles. The molecule has 0 radical (unpaired) electrons. The largest absolute Gasteiger partial charge is 0.507 e. The standard InChI is InChI=1S/C16H13ClO3/c1-20-16(19)15-12(3-2-4-14(15)18)8-5-11-6-9-13(17)10-7-11/h2-10,18H,1H3/b8-5+. The molecule has 0 saturated carbocycles. The van der Waals surface area contributed by atoms with Crippen LogP contribution in [0.5, 0.6) is 5.75 Å². The highest BCUT2D eigenvalue weighted by molar-refractivity contribution is 6.30. The maximum absolute atomic E-state index is 11.7. The number of ether oxygens (including phenoxy) is 1. The molecule has 2 aromatic carbocycles. The molecule has 0 aliphatic carbocycles. The third kappa shape index (κ3) is 3.19. The van der Waals surface area contributed by atoms with E-state index in [1.165, 1.54) is 13.2 Å². The maximum atomic E-state index is 11.7. The molecular weight excluding hydrogens is 276 g/mol. The Morgan fingerprint density at radius 1 is 1.15 bits per heavy atom. The summed E-state index contributed by atoms with van der Waals surface area (Å²) < 4.78 is 4.68. The second-order valence-corrected chi connectivity index (χ2v) is 4.55. The van der Waals surface area contributed by atoms with Gasteiger partial charge in [0, 0.05) is 5.02 Å². The first-order valence-corrected chi connectivity index (χ1v) is 6.33. The van der Waals surface area contributed by atoms with Crippen LogP contribution in [0.15, 0.2) is 42.5 Å². The van der Waals surface area contributed by atoms with Crippen LogP contribution in [0, 0.1) is 0 Å². The molecule has 0 atom stereocenters. The number of benzene rings is 2. The molecule has 0 amide bonds. The van der Waals surface area contributed by atoms with Crippen molar-refractivity contribution in [2.75, 3.05) is 7.11 Å². The van der Waals surface area contributed by atoms with Crippen molar-refractivity contribution >= 4 is 29.7 Å². The van der Waals surface area contributed by atoms with E-state index in [4.69, 9.17) is 11.6 Å². The van der Waals surface area contributed by atoms with Crippen LogP contribution < -0.4 is 0 Å². The molecule has 0 aliphatic heterocycles. The van der Waals surface area contributed by atoms with Crippen molar-refractivity contribution in [1.82, 2.24) is 0 Å². The molecule has 2 rings (SSSR count). The lowest BCUT2D eigenvalue weighted by Gasteiger charge is -2.06. The lowest BCUT2D eigenvalue weighted by molar-refractivity contribution is 0.0597. The monoisotopic (exact) mass is 288 g/mol. The summed E-state index contributed by atoms with van der Waals surface area (Å²) in [5.41, 5.74) is 1.68. The number of aromatic hydroxyl groups is 1. The Balaban J connectivity index is 2.36. The van der Waals surface area contributed by atoms with E-state index in [1.807, 2.05) is 18.2 Å². The number of methoxy groups -OCH3 is 1. The number of esters is 1. The van der Waals surface area contributed by atoms with Crippen molar-refractivity contribution in [3.63, 3.8) is 0 Å². The van der Waals surface area contributed by atoms with E-state index in [-0.39, 0.29) is 11.3 Å². The van der Waals surface area contributed by atoms with Crippen molar-refractivity contribution in [1.29, 1.82) is 0 Å².